The molecule has 1 aliphatic carbocycles. The lowest BCUT2D eigenvalue weighted by molar-refractivity contribution is 1.07. The third-order valence-electron chi connectivity index (χ3n) is 9.25. The molecule has 0 fully saturated rings. The Hall–Kier alpha value is -5.97. The molecule has 2 heterocycles. The fraction of sp³-hybridized carbons (Fsp3) is 0. The van der Waals surface area contributed by atoms with Crippen molar-refractivity contribution in [2.24, 2.45) is 0 Å². The molecule has 0 saturated carbocycles. The van der Waals surface area contributed by atoms with E-state index in [1.54, 1.807) is 0 Å². The van der Waals surface area contributed by atoms with E-state index in [2.05, 4.69) is 91.0 Å². The fourth-order valence-electron chi connectivity index (χ4n) is 7.14. The summed E-state index contributed by atoms with van der Waals surface area (Å²) in [6.45, 7) is 0. The van der Waals surface area contributed by atoms with Crippen LogP contribution in [0.1, 0.15) is 0 Å². The lowest BCUT2D eigenvalue weighted by Crippen LogP contribution is -2.00. The number of thiophene rings is 1. The van der Waals surface area contributed by atoms with Crippen molar-refractivity contribution in [1.29, 1.82) is 0 Å². The van der Waals surface area contributed by atoms with Crippen LogP contribution >= 0.6 is 11.3 Å². The van der Waals surface area contributed by atoms with Gasteiger partial charge in [-0.3, -0.25) is 0 Å². The van der Waals surface area contributed by atoms with Crippen molar-refractivity contribution in [3.63, 3.8) is 0 Å². The first-order valence-electron chi connectivity index (χ1n) is 15.8. The predicted molar refractivity (Wildman–Crippen MR) is 196 cm³/mol. The first-order chi connectivity index (χ1) is 23.3. The van der Waals surface area contributed by atoms with Gasteiger partial charge in [0.2, 0.25) is 0 Å². The highest BCUT2D eigenvalue weighted by molar-refractivity contribution is 7.26. The second-order valence-corrected chi connectivity index (χ2v) is 13.0. The second-order valence-electron chi connectivity index (χ2n) is 12.0. The Balaban J connectivity index is 1.22. The molecule has 7 aromatic carbocycles. The van der Waals surface area contributed by atoms with Gasteiger partial charge in [0.15, 0.2) is 17.5 Å². The standard InChI is InChI=1S/C43H25N3S/c1-3-12-27(13-4-1)41-44-42(28-14-5-2-6-15-28)46-43(45-41)30-19-9-18-29(24-30)34-25-35-31-21-10-16-26-17-11-22-33(37(26)31)39(35)40-38(34)32-20-7-8-23-36(32)47-40/h1-25H. The van der Waals surface area contributed by atoms with E-state index < -0.39 is 0 Å². The Kier molecular flexibility index (Phi) is 5.74. The van der Waals surface area contributed by atoms with Gasteiger partial charge in [-0.25, -0.2) is 15.0 Å². The first-order valence-corrected chi connectivity index (χ1v) is 16.6. The summed E-state index contributed by atoms with van der Waals surface area (Å²) in [5.41, 5.74) is 10.5. The average Bonchev–Trinajstić information content (AvgIpc) is 3.69. The third-order valence-corrected chi connectivity index (χ3v) is 10.4. The van der Waals surface area contributed by atoms with E-state index in [1.807, 2.05) is 72.0 Å². The van der Waals surface area contributed by atoms with Gasteiger partial charge in [0, 0.05) is 42.4 Å². The molecule has 10 rings (SSSR count). The number of rotatable bonds is 4. The van der Waals surface area contributed by atoms with Crippen molar-refractivity contribution in [3.8, 4) is 67.5 Å². The van der Waals surface area contributed by atoms with Gasteiger partial charge in [-0.1, -0.05) is 133 Å². The second kappa shape index (κ2) is 10.3. The van der Waals surface area contributed by atoms with Crippen LogP contribution in [0.4, 0.5) is 0 Å². The minimum Gasteiger partial charge on any atom is -0.208 e. The quantitative estimate of drug-likeness (QED) is 0.198. The maximum Gasteiger partial charge on any atom is 0.164 e. The Morgan fingerprint density at radius 2 is 0.957 bits per heavy atom. The lowest BCUT2D eigenvalue weighted by atomic mass is 9.92. The highest BCUT2D eigenvalue weighted by atomic mass is 32.1. The number of hydrogen-bond acceptors (Lipinski definition) is 4. The van der Waals surface area contributed by atoms with Crippen molar-refractivity contribution in [2.75, 3.05) is 0 Å². The van der Waals surface area contributed by atoms with E-state index in [0.717, 1.165) is 22.3 Å². The van der Waals surface area contributed by atoms with Gasteiger partial charge in [-0.15, -0.1) is 11.3 Å². The summed E-state index contributed by atoms with van der Waals surface area (Å²) in [5, 5.41) is 5.22. The lowest BCUT2D eigenvalue weighted by Gasteiger charge is -2.13. The molecule has 4 heteroatoms. The number of nitrogens with zero attached hydrogens (tertiary/aromatic N) is 3. The number of hydrogen-bond donors (Lipinski definition) is 0. The van der Waals surface area contributed by atoms with Gasteiger partial charge in [-0.2, -0.15) is 0 Å². The molecule has 0 bridgehead atoms. The molecule has 0 spiro atoms. The van der Waals surface area contributed by atoms with Crippen molar-refractivity contribution < 1.29 is 0 Å². The maximum absolute atomic E-state index is 5.03. The zero-order valence-corrected chi connectivity index (χ0v) is 26.0. The zero-order chi connectivity index (χ0) is 30.9. The Morgan fingerprint density at radius 3 is 1.68 bits per heavy atom. The molecule has 218 valence electrons. The molecule has 0 unspecified atom stereocenters. The van der Waals surface area contributed by atoms with E-state index in [4.69, 9.17) is 15.0 Å². The van der Waals surface area contributed by atoms with Crippen molar-refractivity contribution in [3.05, 3.63) is 152 Å². The highest BCUT2D eigenvalue weighted by Crippen LogP contribution is 2.55. The molecule has 0 radical (unpaired) electrons. The summed E-state index contributed by atoms with van der Waals surface area (Å²) in [7, 11) is 0. The van der Waals surface area contributed by atoms with Gasteiger partial charge in [0.25, 0.3) is 0 Å². The van der Waals surface area contributed by atoms with Crippen LogP contribution < -0.4 is 0 Å². The molecule has 3 nitrogen and oxygen atoms in total. The number of fused-ring (bicyclic) bond motifs is 7. The molecule has 2 aromatic heterocycles. The van der Waals surface area contributed by atoms with Crippen molar-refractivity contribution >= 4 is 42.3 Å². The van der Waals surface area contributed by atoms with E-state index in [-0.39, 0.29) is 0 Å². The van der Waals surface area contributed by atoms with Crippen molar-refractivity contribution in [1.82, 2.24) is 15.0 Å². The SMILES string of the molecule is c1ccc(-c2nc(-c3ccccc3)nc(-c3cccc(-c4cc5c(c6sc7ccccc7c46)-c4cccc6cccc-5c46)c3)n2)cc1. The smallest absolute Gasteiger partial charge is 0.164 e. The van der Waals surface area contributed by atoms with Crippen LogP contribution in [0.5, 0.6) is 0 Å². The highest BCUT2D eigenvalue weighted by Gasteiger charge is 2.27. The minimum absolute atomic E-state index is 0.657. The first kappa shape index (κ1) is 26.3. The van der Waals surface area contributed by atoms with Gasteiger partial charge in [0.1, 0.15) is 0 Å². The third kappa shape index (κ3) is 4.09. The Labute approximate surface area is 275 Å². The normalized spacial score (nSPS) is 11.8. The number of benzene rings is 7. The fourth-order valence-corrected chi connectivity index (χ4v) is 8.44. The monoisotopic (exact) mass is 615 g/mol. The average molecular weight is 616 g/mol. The van der Waals surface area contributed by atoms with Crippen LogP contribution in [-0.2, 0) is 0 Å². The molecule has 9 aromatic rings. The topological polar surface area (TPSA) is 38.7 Å². The Bertz CT molecular complexity index is 2610. The van der Waals surface area contributed by atoms with Crippen LogP contribution in [0, 0.1) is 0 Å². The summed E-state index contributed by atoms with van der Waals surface area (Å²) >= 11 is 1.90. The van der Waals surface area contributed by atoms with Gasteiger partial charge >= 0.3 is 0 Å². The molecule has 0 aliphatic heterocycles. The van der Waals surface area contributed by atoms with Crippen LogP contribution in [0.15, 0.2) is 152 Å². The zero-order valence-electron chi connectivity index (χ0n) is 25.2. The van der Waals surface area contributed by atoms with Crippen LogP contribution in [0.3, 0.4) is 0 Å². The molecule has 1 aliphatic rings. The minimum atomic E-state index is 0.657. The summed E-state index contributed by atoms with van der Waals surface area (Å²) in [4.78, 5) is 15.0. The molecule has 0 saturated heterocycles. The molecule has 0 N–H and O–H groups in total. The van der Waals surface area contributed by atoms with Gasteiger partial charge < -0.3 is 0 Å². The van der Waals surface area contributed by atoms with Gasteiger partial charge in [-0.05, 0) is 56.8 Å². The van der Waals surface area contributed by atoms with E-state index in [9.17, 15) is 0 Å². The van der Waals surface area contributed by atoms with E-state index in [0.29, 0.717) is 17.5 Å². The summed E-state index contributed by atoms with van der Waals surface area (Å²) in [5.74, 6) is 1.98. The summed E-state index contributed by atoms with van der Waals surface area (Å²) in [6, 6.07) is 53.6. The van der Waals surface area contributed by atoms with Gasteiger partial charge in [0.05, 0.1) is 0 Å². The molecule has 0 atom stereocenters. The predicted octanol–water partition coefficient (Wildman–Crippen LogP) is 11.7. The van der Waals surface area contributed by atoms with Crippen LogP contribution in [0.25, 0.3) is 98.5 Å². The van der Waals surface area contributed by atoms with E-state index >= 15 is 0 Å². The molecule has 0 amide bonds. The van der Waals surface area contributed by atoms with Crippen molar-refractivity contribution in [2.45, 2.75) is 0 Å². The number of aromatic nitrogens is 3. The maximum atomic E-state index is 5.03. The van der Waals surface area contributed by atoms with Crippen LogP contribution in [-0.4, -0.2) is 15.0 Å². The summed E-state index contributed by atoms with van der Waals surface area (Å²) in [6.07, 6.45) is 0. The molecular weight excluding hydrogens is 591 g/mol. The molecule has 47 heavy (non-hydrogen) atoms. The Morgan fingerprint density at radius 1 is 0.383 bits per heavy atom. The van der Waals surface area contributed by atoms with E-state index in [1.165, 1.54) is 58.8 Å². The van der Waals surface area contributed by atoms with Crippen LogP contribution in [0.2, 0.25) is 0 Å². The molecular formula is C43H25N3S. The largest absolute Gasteiger partial charge is 0.208 e. The summed E-state index contributed by atoms with van der Waals surface area (Å²) < 4.78 is 2.64.